The fraction of sp³-hybridized carbons (Fsp3) is 0.875. The van der Waals surface area contributed by atoms with Gasteiger partial charge >= 0.3 is 6.09 Å². The van der Waals surface area contributed by atoms with E-state index in [9.17, 15) is 14.7 Å². The number of ether oxygens (including phenoxy) is 1. The standard InChI is InChI=1S/C16H31NO4/c1-6-8-13(17-15(20)21-16(3,4)5)9-7-10-14(19)12(2)11-18/h11-14,19H,6-10H2,1-5H3,(H,17,20)/t12-,13?,14-/m1/s1. The van der Waals surface area contributed by atoms with Gasteiger partial charge in [-0.15, -0.1) is 0 Å². The van der Waals surface area contributed by atoms with Crippen LogP contribution in [0.5, 0.6) is 0 Å². The maximum absolute atomic E-state index is 11.8. The van der Waals surface area contributed by atoms with Crippen molar-refractivity contribution in [1.82, 2.24) is 5.32 Å². The molecule has 2 N–H and O–H groups in total. The van der Waals surface area contributed by atoms with Gasteiger partial charge in [-0.25, -0.2) is 4.79 Å². The van der Waals surface area contributed by atoms with Crippen molar-refractivity contribution in [1.29, 1.82) is 0 Å². The van der Waals surface area contributed by atoms with Gasteiger partial charge in [0.2, 0.25) is 0 Å². The third kappa shape index (κ3) is 10.3. The first-order chi connectivity index (χ1) is 9.69. The highest BCUT2D eigenvalue weighted by atomic mass is 16.6. The van der Waals surface area contributed by atoms with Crippen molar-refractivity contribution in [3.63, 3.8) is 0 Å². The smallest absolute Gasteiger partial charge is 0.407 e. The number of aliphatic hydroxyl groups is 1. The highest BCUT2D eigenvalue weighted by molar-refractivity contribution is 5.68. The largest absolute Gasteiger partial charge is 0.444 e. The average molecular weight is 301 g/mol. The zero-order valence-corrected chi connectivity index (χ0v) is 14.0. The zero-order chi connectivity index (χ0) is 16.5. The van der Waals surface area contributed by atoms with Crippen LogP contribution in [0.25, 0.3) is 0 Å². The van der Waals surface area contributed by atoms with Gasteiger partial charge < -0.3 is 20.0 Å². The van der Waals surface area contributed by atoms with Crippen molar-refractivity contribution in [2.24, 2.45) is 5.92 Å². The molecule has 0 aliphatic rings. The lowest BCUT2D eigenvalue weighted by atomic mass is 9.98. The second-order valence-corrected chi connectivity index (χ2v) is 6.63. The first-order valence-electron chi connectivity index (χ1n) is 7.82. The molecule has 3 atom stereocenters. The Balaban J connectivity index is 4.18. The monoisotopic (exact) mass is 301 g/mol. The summed E-state index contributed by atoms with van der Waals surface area (Å²) < 4.78 is 5.25. The summed E-state index contributed by atoms with van der Waals surface area (Å²) in [6.07, 6.45) is 3.71. The molecule has 0 saturated heterocycles. The number of hydrogen-bond donors (Lipinski definition) is 2. The maximum atomic E-state index is 11.8. The van der Waals surface area contributed by atoms with Crippen LogP contribution < -0.4 is 5.32 Å². The molecular formula is C16H31NO4. The quantitative estimate of drug-likeness (QED) is 0.642. The molecule has 0 rings (SSSR count). The van der Waals surface area contributed by atoms with Crippen LogP contribution in [0.1, 0.15) is 66.7 Å². The number of aliphatic hydroxyl groups excluding tert-OH is 1. The number of amides is 1. The second-order valence-electron chi connectivity index (χ2n) is 6.63. The van der Waals surface area contributed by atoms with Gasteiger partial charge in [0.25, 0.3) is 0 Å². The van der Waals surface area contributed by atoms with Gasteiger partial charge in [-0.1, -0.05) is 20.3 Å². The summed E-state index contributed by atoms with van der Waals surface area (Å²) in [5, 5.41) is 12.6. The lowest BCUT2D eigenvalue weighted by Crippen LogP contribution is -2.39. The van der Waals surface area contributed by atoms with E-state index in [-0.39, 0.29) is 12.0 Å². The number of hydrogen-bond acceptors (Lipinski definition) is 4. The summed E-state index contributed by atoms with van der Waals surface area (Å²) in [5.41, 5.74) is -0.504. The molecule has 0 bridgehead atoms. The summed E-state index contributed by atoms with van der Waals surface area (Å²) in [7, 11) is 0. The van der Waals surface area contributed by atoms with Gasteiger partial charge in [0.15, 0.2) is 0 Å². The molecule has 0 radical (unpaired) electrons. The Bertz CT molecular complexity index is 312. The Kier molecular flexibility index (Phi) is 9.26. The lowest BCUT2D eigenvalue weighted by Gasteiger charge is -2.24. The number of alkyl carbamates (subject to hydrolysis) is 1. The third-order valence-electron chi connectivity index (χ3n) is 3.23. The maximum Gasteiger partial charge on any atom is 0.407 e. The second kappa shape index (κ2) is 9.77. The van der Waals surface area contributed by atoms with Crippen LogP contribution in [0.4, 0.5) is 4.79 Å². The van der Waals surface area contributed by atoms with Crippen LogP contribution in [0.15, 0.2) is 0 Å². The van der Waals surface area contributed by atoms with Crippen LogP contribution in [-0.4, -0.2) is 35.2 Å². The Morgan fingerprint density at radius 2 is 1.90 bits per heavy atom. The number of carbonyl (C=O) groups is 2. The first-order valence-corrected chi connectivity index (χ1v) is 7.82. The van der Waals surface area contributed by atoms with E-state index in [4.69, 9.17) is 4.74 Å². The molecule has 21 heavy (non-hydrogen) atoms. The minimum absolute atomic E-state index is 0.0450. The normalized spacial score (nSPS) is 15.9. The molecule has 124 valence electrons. The molecule has 0 aromatic carbocycles. The van der Waals surface area contributed by atoms with Gasteiger partial charge in [0.05, 0.1) is 6.10 Å². The number of carbonyl (C=O) groups excluding carboxylic acids is 2. The fourth-order valence-electron chi connectivity index (χ4n) is 2.04. The van der Waals surface area contributed by atoms with Gasteiger partial charge in [-0.3, -0.25) is 0 Å². The van der Waals surface area contributed by atoms with E-state index >= 15 is 0 Å². The van der Waals surface area contributed by atoms with E-state index in [1.54, 1.807) is 6.92 Å². The molecule has 0 aromatic rings. The van der Waals surface area contributed by atoms with Crippen molar-refractivity contribution in [3.8, 4) is 0 Å². The minimum atomic E-state index is -0.605. The molecule has 0 fully saturated rings. The van der Waals surface area contributed by atoms with Crippen molar-refractivity contribution in [2.75, 3.05) is 0 Å². The van der Waals surface area contributed by atoms with Crippen LogP contribution in [0.2, 0.25) is 0 Å². The van der Waals surface area contributed by atoms with Gasteiger partial charge in [-0.2, -0.15) is 0 Å². The first kappa shape index (κ1) is 19.9. The van der Waals surface area contributed by atoms with Gasteiger partial charge in [0.1, 0.15) is 11.9 Å². The molecule has 0 saturated carbocycles. The topological polar surface area (TPSA) is 75.6 Å². The van der Waals surface area contributed by atoms with Crippen LogP contribution in [0, 0.1) is 5.92 Å². The summed E-state index contributed by atoms with van der Waals surface area (Å²) in [6, 6.07) is 0.0450. The molecule has 0 spiro atoms. The predicted molar refractivity (Wildman–Crippen MR) is 83.2 cm³/mol. The summed E-state index contributed by atoms with van der Waals surface area (Å²) in [5.74, 6) is -0.339. The summed E-state index contributed by atoms with van der Waals surface area (Å²) in [4.78, 5) is 22.4. The van der Waals surface area contributed by atoms with E-state index in [1.165, 1.54) is 0 Å². The third-order valence-corrected chi connectivity index (χ3v) is 3.23. The molecule has 1 unspecified atom stereocenters. The van der Waals surface area contributed by atoms with Crippen molar-refractivity contribution >= 4 is 12.4 Å². The molecule has 0 aliphatic heterocycles. The zero-order valence-electron chi connectivity index (χ0n) is 14.0. The molecule has 0 heterocycles. The molecule has 5 nitrogen and oxygen atoms in total. The Morgan fingerprint density at radius 3 is 2.38 bits per heavy atom. The summed E-state index contributed by atoms with van der Waals surface area (Å²) in [6.45, 7) is 9.27. The molecule has 5 heteroatoms. The average Bonchev–Trinajstić information content (AvgIpc) is 2.35. The van der Waals surface area contributed by atoms with Crippen molar-refractivity contribution in [2.45, 2.75) is 84.5 Å². The Hall–Kier alpha value is -1.10. The van der Waals surface area contributed by atoms with Crippen LogP contribution in [-0.2, 0) is 9.53 Å². The van der Waals surface area contributed by atoms with Crippen molar-refractivity contribution < 1.29 is 19.4 Å². The number of rotatable bonds is 9. The molecule has 1 amide bonds. The van der Waals surface area contributed by atoms with Crippen molar-refractivity contribution in [3.05, 3.63) is 0 Å². The van der Waals surface area contributed by atoms with E-state index in [0.717, 1.165) is 32.0 Å². The lowest BCUT2D eigenvalue weighted by molar-refractivity contribution is -0.113. The van der Waals surface area contributed by atoms with Gasteiger partial charge in [-0.05, 0) is 46.5 Å². The van der Waals surface area contributed by atoms with E-state index < -0.39 is 17.8 Å². The molecular weight excluding hydrogens is 270 g/mol. The van der Waals surface area contributed by atoms with Gasteiger partial charge in [0, 0.05) is 12.0 Å². The molecule has 0 aromatic heterocycles. The van der Waals surface area contributed by atoms with E-state index in [1.807, 2.05) is 20.8 Å². The SMILES string of the molecule is CCCC(CCC[C@@H](O)[C@H](C)C=O)NC(=O)OC(C)(C)C. The number of nitrogens with one attached hydrogen (secondary N) is 1. The fourth-order valence-corrected chi connectivity index (χ4v) is 2.04. The molecule has 0 aliphatic carbocycles. The Morgan fingerprint density at radius 1 is 1.29 bits per heavy atom. The highest BCUT2D eigenvalue weighted by Gasteiger charge is 2.20. The number of aldehydes is 1. The summed E-state index contributed by atoms with van der Waals surface area (Å²) >= 11 is 0. The highest BCUT2D eigenvalue weighted by Crippen LogP contribution is 2.14. The Labute approximate surface area is 128 Å². The van der Waals surface area contributed by atoms with E-state index in [2.05, 4.69) is 12.2 Å². The van der Waals surface area contributed by atoms with Crippen LogP contribution in [0.3, 0.4) is 0 Å². The predicted octanol–water partition coefficient (Wildman–Crippen LogP) is 3.05. The van der Waals surface area contributed by atoms with Crippen LogP contribution >= 0.6 is 0 Å². The van der Waals surface area contributed by atoms with E-state index in [0.29, 0.717) is 6.42 Å². The minimum Gasteiger partial charge on any atom is -0.444 e.